The summed E-state index contributed by atoms with van der Waals surface area (Å²) in [6, 6.07) is 20.1. The number of carbonyl (C=O) groups is 1. The van der Waals surface area contributed by atoms with Crippen molar-refractivity contribution in [1.29, 1.82) is 0 Å². The van der Waals surface area contributed by atoms with Gasteiger partial charge in [0.2, 0.25) is 0 Å². The highest BCUT2D eigenvalue weighted by atomic mass is 16.3. The minimum absolute atomic E-state index is 0.253. The molecule has 6 aromatic rings. The van der Waals surface area contributed by atoms with E-state index in [-0.39, 0.29) is 11.6 Å². The van der Waals surface area contributed by atoms with Crippen molar-refractivity contribution in [3.05, 3.63) is 91.1 Å². The molecule has 164 valence electrons. The predicted molar refractivity (Wildman–Crippen MR) is 124 cm³/mol. The maximum absolute atomic E-state index is 12.7. The van der Waals surface area contributed by atoms with Crippen molar-refractivity contribution in [2.45, 2.75) is 0 Å². The predicted octanol–water partition coefficient (Wildman–Crippen LogP) is 4.09. The first-order valence-corrected chi connectivity index (χ1v) is 10.4. The van der Waals surface area contributed by atoms with Gasteiger partial charge in [-0.1, -0.05) is 12.1 Å². The van der Waals surface area contributed by atoms with E-state index in [9.17, 15) is 4.79 Å². The van der Waals surface area contributed by atoms with Gasteiger partial charge in [-0.15, -0.1) is 10.2 Å². The van der Waals surface area contributed by atoms with Crippen LogP contribution in [0.5, 0.6) is 0 Å². The second-order valence-electron chi connectivity index (χ2n) is 7.43. The van der Waals surface area contributed by atoms with Crippen molar-refractivity contribution in [3.63, 3.8) is 0 Å². The molecular weight excluding hydrogens is 432 g/mol. The van der Waals surface area contributed by atoms with Gasteiger partial charge in [0.25, 0.3) is 5.91 Å². The van der Waals surface area contributed by atoms with Crippen molar-refractivity contribution in [3.8, 4) is 34.1 Å². The van der Waals surface area contributed by atoms with Crippen molar-refractivity contribution in [1.82, 2.24) is 35.0 Å². The maximum atomic E-state index is 12.7. The Kier molecular flexibility index (Phi) is 4.66. The van der Waals surface area contributed by atoms with E-state index in [1.807, 2.05) is 42.5 Å². The van der Waals surface area contributed by atoms with Gasteiger partial charge in [0.05, 0.1) is 12.0 Å². The summed E-state index contributed by atoms with van der Waals surface area (Å²) in [5.41, 5.74) is 4.52. The van der Waals surface area contributed by atoms with Gasteiger partial charge in [0.15, 0.2) is 22.9 Å². The van der Waals surface area contributed by atoms with E-state index in [4.69, 9.17) is 9.52 Å². The van der Waals surface area contributed by atoms with Crippen LogP contribution in [0.1, 0.15) is 10.5 Å². The quantitative estimate of drug-likeness (QED) is 0.407. The number of furan rings is 1. The van der Waals surface area contributed by atoms with Gasteiger partial charge in [0.1, 0.15) is 5.69 Å². The van der Waals surface area contributed by atoms with Crippen molar-refractivity contribution in [2.24, 2.45) is 0 Å². The highest BCUT2D eigenvalue weighted by molar-refractivity contribution is 6.03. The summed E-state index contributed by atoms with van der Waals surface area (Å²) in [5, 5.41) is 23.0. The van der Waals surface area contributed by atoms with Gasteiger partial charge in [0, 0.05) is 35.3 Å². The molecule has 1 amide bonds. The topological polar surface area (TPSA) is 127 Å². The largest absolute Gasteiger partial charge is 0.463 e. The smallest absolute Gasteiger partial charge is 0.276 e. The van der Waals surface area contributed by atoms with E-state index in [0.717, 1.165) is 11.1 Å². The standard InChI is InChI=1S/C24H16N8O2/c33-24(20-14-19(27-28-20)21-5-2-12-34-21)26-17-4-1-3-16(13-17)18-6-7-22-29-30-23(32(22)31-18)15-8-10-25-11-9-15/h1-14H,(H,26,33)(H,27,28). The van der Waals surface area contributed by atoms with Crippen LogP contribution in [0.25, 0.3) is 39.7 Å². The number of benzene rings is 1. The molecule has 0 unspecified atom stereocenters. The minimum Gasteiger partial charge on any atom is -0.463 e. The lowest BCUT2D eigenvalue weighted by Crippen LogP contribution is -2.12. The van der Waals surface area contributed by atoms with Crippen LogP contribution in [0.3, 0.4) is 0 Å². The molecule has 0 aliphatic heterocycles. The number of pyridine rings is 1. The SMILES string of the molecule is O=C(Nc1cccc(-c2ccc3nnc(-c4ccncc4)n3n2)c1)c1cc(-c2ccco2)[nH]n1. The number of H-pyrrole nitrogens is 1. The highest BCUT2D eigenvalue weighted by Crippen LogP contribution is 2.24. The first-order valence-electron chi connectivity index (χ1n) is 10.4. The molecule has 34 heavy (non-hydrogen) atoms. The van der Waals surface area contributed by atoms with Crippen molar-refractivity contribution >= 4 is 17.2 Å². The normalized spacial score (nSPS) is 11.1. The number of nitrogens with one attached hydrogen (secondary N) is 2. The molecule has 2 N–H and O–H groups in total. The third kappa shape index (κ3) is 3.58. The van der Waals surface area contributed by atoms with E-state index in [0.29, 0.717) is 34.3 Å². The van der Waals surface area contributed by atoms with E-state index in [2.05, 4.69) is 30.7 Å². The summed E-state index contributed by atoms with van der Waals surface area (Å²) in [6.45, 7) is 0. The fourth-order valence-corrected chi connectivity index (χ4v) is 3.57. The second kappa shape index (κ2) is 8.10. The van der Waals surface area contributed by atoms with Gasteiger partial charge in [-0.25, -0.2) is 0 Å². The van der Waals surface area contributed by atoms with Gasteiger partial charge >= 0.3 is 0 Å². The van der Waals surface area contributed by atoms with Crippen LogP contribution in [0.4, 0.5) is 5.69 Å². The molecule has 5 aromatic heterocycles. The van der Waals surface area contributed by atoms with E-state index < -0.39 is 0 Å². The number of aromatic amines is 1. The third-order valence-corrected chi connectivity index (χ3v) is 5.21. The molecule has 0 spiro atoms. The lowest BCUT2D eigenvalue weighted by Gasteiger charge is -2.07. The lowest BCUT2D eigenvalue weighted by molar-refractivity contribution is 0.102. The zero-order valence-electron chi connectivity index (χ0n) is 17.6. The first-order chi connectivity index (χ1) is 16.7. The number of aromatic nitrogens is 7. The average molecular weight is 448 g/mol. The average Bonchev–Trinajstić information content (AvgIpc) is 3.65. The van der Waals surface area contributed by atoms with Crippen LogP contribution >= 0.6 is 0 Å². The zero-order valence-corrected chi connectivity index (χ0v) is 17.6. The van der Waals surface area contributed by atoms with Gasteiger partial charge < -0.3 is 9.73 Å². The van der Waals surface area contributed by atoms with Crippen LogP contribution in [0.2, 0.25) is 0 Å². The third-order valence-electron chi connectivity index (χ3n) is 5.21. The molecule has 0 atom stereocenters. The van der Waals surface area contributed by atoms with Gasteiger partial charge in [-0.2, -0.15) is 14.7 Å². The molecular formula is C24H16N8O2. The number of rotatable bonds is 5. The van der Waals surface area contributed by atoms with Crippen LogP contribution < -0.4 is 5.32 Å². The first kappa shape index (κ1) is 19.6. The van der Waals surface area contributed by atoms with Gasteiger partial charge in [-0.05, 0) is 48.5 Å². The fourth-order valence-electron chi connectivity index (χ4n) is 3.57. The summed E-state index contributed by atoms with van der Waals surface area (Å²) in [6.07, 6.45) is 4.96. The Balaban J connectivity index is 1.28. The Morgan fingerprint density at radius 2 is 1.85 bits per heavy atom. The Morgan fingerprint density at radius 3 is 2.71 bits per heavy atom. The molecule has 0 aliphatic carbocycles. The van der Waals surface area contributed by atoms with Crippen molar-refractivity contribution in [2.75, 3.05) is 5.32 Å². The molecule has 0 saturated carbocycles. The van der Waals surface area contributed by atoms with Gasteiger partial charge in [-0.3, -0.25) is 14.9 Å². The second-order valence-corrected chi connectivity index (χ2v) is 7.43. The molecule has 1 aromatic carbocycles. The molecule has 0 bridgehead atoms. The summed E-state index contributed by atoms with van der Waals surface area (Å²) in [7, 11) is 0. The summed E-state index contributed by atoms with van der Waals surface area (Å²) in [4.78, 5) is 16.8. The molecule has 5 heterocycles. The summed E-state index contributed by atoms with van der Waals surface area (Å²) >= 11 is 0. The number of carbonyl (C=O) groups excluding carboxylic acids is 1. The molecule has 0 saturated heterocycles. The maximum Gasteiger partial charge on any atom is 0.276 e. The number of fused-ring (bicyclic) bond motifs is 1. The Hall–Kier alpha value is -5.12. The minimum atomic E-state index is -0.339. The number of nitrogens with zero attached hydrogens (tertiary/aromatic N) is 6. The van der Waals surface area contributed by atoms with E-state index in [1.165, 1.54) is 0 Å². The lowest BCUT2D eigenvalue weighted by atomic mass is 10.1. The Morgan fingerprint density at radius 1 is 0.941 bits per heavy atom. The van der Waals surface area contributed by atoms with Crippen molar-refractivity contribution < 1.29 is 9.21 Å². The molecule has 6 rings (SSSR count). The van der Waals surface area contributed by atoms with Crippen LogP contribution in [0, 0.1) is 0 Å². The van der Waals surface area contributed by atoms with Crippen LogP contribution in [0.15, 0.2) is 89.8 Å². The number of anilines is 1. The molecule has 0 aliphatic rings. The van der Waals surface area contributed by atoms with Crippen LogP contribution in [-0.2, 0) is 0 Å². The summed E-state index contributed by atoms with van der Waals surface area (Å²) in [5.74, 6) is 0.887. The molecule has 10 heteroatoms. The Bertz CT molecular complexity index is 1600. The fraction of sp³-hybridized carbons (Fsp3) is 0. The van der Waals surface area contributed by atoms with E-state index in [1.54, 1.807) is 47.4 Å². The zero-order chi connectivity index (χ0) is 22.9. The number of hydrogen-bond acceptors (Lipinski definition) is 7. The van der Waals surface area contributed by atoms with E-state index >= 15 is 0 Å². The Labute approximate surface area is 192 Å². The van der Waals surface area contributed by atoms with Crippen LogP contribution in [-0.4, -0.2) is 40.9 Å². The number of amides is 1. The summed E-state index contributed by atoms with van der Waals surface area (Å²) < 4.78 is 7.02. The monoisotopic (exact) mass is 448 g/mol. The molecule has 0 radical (unpaired) electrons. The number of hydrogen-bond donors (Lipinski definition) is 2. The highest BCUT2D eigenvalue weighted by Gasteiger charge is 2.14. The molecule has 10 nitrogen and oxygen atoms in total. The molecule has 0 fully saturated rings.